The number of methoxy groups -OCH3 is 1. The van der Waals surface area contributed by atoms with Crippen molar-refractivity contribution in [1.29, 1.82) is 0 Å². The molecule has 0 radical (unpaired) electrons. The standard InChI is InChI=1S/C16H26N2O/c1-12-8-9-16(11-17,10-13(12)2)18-14-6-4-5-7-15(14)19-3/h4-7,12-13,18H,8-11,17H2,1-3H3. The Balaban J connectivity index is 2.19. The fourth-order valence-electron chi connectivity index (χ4n) is 3.09. The maximum absolute atomic E-state index is 6.08. The smallest absolute Gasteiger partial charge is 0.141 e. The van der Waals surface area contributed by atoms with E-state index in [1.807, 2.05) is 18.2 Å². The highest BCUT2D eigenvalue weighted by Gasteiger charge is 2.37. The number of nitrogens with one attached hydrogen (secondary N) is 1. The van der Waals surface area contributed by atoms with Gasteiger partial charge in [0, 0.05) is 12.1 Å². The molecule has 3 atom stereocenters. The molecule has 3 heteroatoms. The van der Waals surface area contributed by atoms with Crippen molar-refractivity contribution < 1.29 is 4.74 Å². The molecule has 0 heterocycles. The lowest BCUT2D eigenvalue weighted by atomic mass is 9.71. The number of benzene rings is 1. The van der Waals surface area contributed by atoms with Crippen LogP contribution in [0.25, 0.3) is 0 Å². The zero-order valence-corrected chi connectivity index (χ0v) is 12.3. The summed E-state index contributed by atoms with van der Waals surface area (Å²) in [6.45, 7) is 5.34. The van der Waals surface area contributed by atoms with E-state index in [9.17, 15) is 0 Å². The predicted molar refractivity (Wildman–Crippen MR) is 80.6 cm³/mol. The van der Waals surface area contributed by atoms with Crippen LogP contribution in [0.2, 0.25) is 0 Å². The normalized spacial score (nSPS) is 30.9. The van der Waals surface area contributed by atoms with Gasteiger partial charge < -0.3 is 15.8 Å². The molecule has 1 aliphatic rings. The third-order valence-corrected chi connectivity index (χ3v) is 4.66. The van der Waals surface area contributed by atoms with Gasteiger partial charge in [-0.05, 0) is 43.2 Å². The van der Waals surface area contributed by atoms with E-state index in [0.29, 0.717) is 12.5 Å². The number of ether oxygens (including phenoxy) is 1. The average Bonchev–Trinajstić information content (AvgIpc) is 2.44. The Bertz CT molecular complexity index is 421. The molecule has 0 amide bonds. The quantitative estimate of drug-likeness (QED) is 0.875. The van der Waals surface area contributed by atoms with Gasteiger partial charge >= 0.3 is 0 Å². The average molecular weight is 262 g/mol. The van der Waals surface area contributed by atoms with Crippen LogP contribution >= 0.6 is 0 Å². The van der Waals surface area contributed by atoms with E-state index in [4.69, 9.17) is 10.5 Å². The first-order valence-corrected chi connectivity index (χ1v) is 7.21. The Labute approximate surface area is 116 Å². The monoisotopic (exact) mass is 262 g/mol. The summed E-state index contributed by atoms with van der Waals surface area (Å²) in [5, 5.41) is 3.66. The van der Waals surface area contributed by atoms with Crippen LogP contribution in [0.5, 0.6) is 5.75 Å². The molecular weight excluding hydrogens is 236 g/mol. The van der Waals surface area contributed by atoms with E-state index in [1.165, 1.54) is 6.42 Å². The van der Waals surface area contributed by atoms with Crippen molar-refractivity contribution in [2.75, 3.05) is 19.0 Å². The van der Waals surface area contributed by atoms with Gasteiger partial charge in [0.15, 0.2) is 0 Å². The second-order valence-electron chi connectivity index (χ2n) is 6.01. The number of hydrogen-bond donors (Lipinski definition) is 2. The largest absolute Gasteiger partial charge is 0.495 e. The van der Waals surface area contributed by atoms with Gasteiger partial charge in [0.05, 0.1) is 12.8 Å². The van der Waals surface area contributed by atoms with Gasteiger partial charge in [-0.1, -0.05) is 26.0 Å². The molecule has 0 bridgehead atoms. The summed E-state index contributed by atoms with van der Waals surface area (Å²) >= 11 is 0. The van der Waals surface area contributed by atoms with Crippen LogP contribution in [0.15, 0.2) is 24.3 Å². The van der Waals surface area contributed by atoms with Gasteiger partial charge in [-0.25, -0.2) is 0 Å². The Morgan fingerprint density at radius 3 is 2.68 bits per heavy atom. The minimum Gasteiger partial charge on any atom is -0.495 e. The molecule has 2 rings (SSSR count). The summed E-state index contributed by atoms with van der Waals surface area (Å²) < 4.78 is 5.42. The number of para-hydroxylation sites is 2. The number of anilines is 1. The molecule has 0 saturated heterocycles. The first kappa shape index (κ1) is 14.2. The third-order valence-electron chi connectivity index (χ3n) is 4.66. The molecule has 1 aliphatic carbocycles. The molecule has 106 valence electrons. The fraction of sp³-hybridized carbons (Fsp3) is 0.625. The maximum atomic E-state index is 6.08. The highest BCUT2D eigenvalue weighted by atomic mass is 16.5. The van der Waals surface area contributed by atoms with Gasteiger partial charge in [-0.15, -0.1) is 0 Å². The number of nitrogens with two attached hydrogens (primary N) is 1. The Kier molecular flexibility index (Phi) is 4.35. The Hall–Kier alpha value is -1.22. The summed E-state index contributed by atoms with van der Waals surface area (Å²) in [6.07, 6.45) is 3.50. The molecule has 0 aromatic heterocycles. The topological polar surface area (TPSA) is 47.3 Å². The van der Waals surface area contributed by atoms with Crippen LogP contribution in [0.4, 0.5) is 5.69 Å². The summed E-state index contributed by atoms with van der Waals surface area (Å²) in [4.78, 5) is 0. The lowest BCUT2D eigenvalue weighted by molar-refractivity contribution is 0.196. The zero-order valence-electron chi connectivity index (χ0n) is 12.3. The molecule has 0 aliphatic heterocycles. The molecule has 3 nitrogen and oxygen atoms in total. The van der Waals surface area contributed by atoms with Crippen LogP contribution < -0.4 is 15.8 Å². The van der Waals surface area contributed by atoms with Gasteiger partial charge in [-0.3, -0.25) is 0 Å². The molecule has 1 aromatic carbocycles. The maximum Gasteiger partial charge on any atom is 0.141 e. The molecule has 1 fully saturated rings. The van der Waals surface area contributed by atoms with Gasteiger partial charge in [0.2, 0.25) is 0 Å². The van der Waals surface area contributed by atoms with Crippen molar-refractivity contribution in [2.45, 2.75) is 38.6 Å². The van der Waals surface area contributed by atoms with Crippen molar-refractivity contribution in [3.05, 3.63) is 24.3 Å². The minimum atomic E-state index is 0.0144. The van der Waals surface area contributed by atoms with E-state index in [-0.39, 0.29) is 5.54 Å². The zero-order chi connectivity index (χ0) is 13.9. The van der Waals surface area contributed by atoms with Gasteiger partial charge in [0.25, 0.3) is 0 Å². The van der Waals surface area contributed by atoms with E-state index >= 15 is 0 Å². The number of hydrogen-bond acceptors (Lipinski definition) is 3. The van der Waals surface area contributed by atoms with Crippen molar-refractivity contribution >= 4 is 5.69 Å². The van der Waals surface area contributed by atoms with Crippen molar-refractivity contribution in [1.82, 2.24) is 0 Å². The highest BCUT2D eigenvalue weighted by molar-refractivity contribution is 5.57. The molecule has 19 heavy (non-hydrogen) atoms. The summed E-state index contributed by atoms with van der Waals surface area (Å²) in [7, 11) is 1.71. The lowest BCUT2D eigenvalue weighted by Gasteiger charge is -2.43. The van der Waals surface area contributed by atoms with E-state index in [0.717, 1.165) is 30.2 Å². The Morgan fingerprint density at radius 1 is 1.32 bits per heavy atom. The SMILES string of the molecule is COc1ccccc1NC1(CN)CCC(C)C(C)C1. The first-order chi connectivity index (χ1) is 9.10. The molecular formula is C16H26N2O. The highest BCUT2D eigenvalue weighted by Crippen LogP contribution is 2.39. The molecule has 3 unspecified atom stereocenters. The molecule has 1 saturated carbocycles. The first-order valence-electron chi connectivity index (χ1n) is 7.21. The summed E-state index contributed by atoms with van der Waals surface area (Å²) in [6, 6.07) is 8.08. The van der Waals surface area contributed by atoms with E-state index < -0.39 is 0 Å². The summed E-state index contributed by atoms with van der Waals surface area (Å²) in [5.41, 5.74) is 7.15. The van der Waals surface area contributed by atoms with Crippen molar-refractivity contribution in [2.24, 2.45) is 17.6 Å². The van der Waals surface area contributed by atoms with Crippen molar-refractivity contribution in [3.8, 4) is 5.75 Å². The van der Waals surface area contributed by atoms with Crippen LogP contribution in [0.3, 0.4) is 0 Å². The van der Waals surface area contributed by atoms with E-state index in [1.54, 1.807) is 7.11 Å². The molecule has 3 N–H and O–H groups in total. The third kappa shape index (κ3) is 3.03. The molecule has 1 aromatic rings. The molecule has 0 spiro atoms. The van der Waals surface area contributed by atoms with Crippen LogP contribution in [0.1, 0.15) is 33.1 Å². The minimum absolute atomic E-state index is 0.0144. The van der Waals surface area contributed by atoms with E-state index in [2.05, 4.69) is 25.2 Å². The summed E-state index contributed by atoms with van der Waals surface area (Å²) in [5.74, 6) is 2.39. The van der Waals surface area contributed by atoms with Crippen molar-refractivity contribution in [3.63, 3.8) is 0 Å². The second-order valence-corrected chi connectivity index (χ2v) is 6.01. The fourth-order valence-corrected chi connectivity index (χ4v) is 3.09. The number of rotatable bonds is 4. The second kappa shape index (κ2) is 5.83. The van der Waals surface area contributed by atoms with Crippen LogP contribution in [-0.4, -0.2) is 19.2 Å². The Morgan fingerprint density at radius 2 is 2.05 bits per heavy atom. The van der Waals surface area contributed by atoms with Crippen LogP contribution in [0, 0.1) is 11.8 Å². The van der Waals surface area contributed by atoms with Gasteiger partial charge in [-0.2, -0.15) is 0 Å². The lowest BCUT2D eigenvalue weighted by Crippen LogP contribution is -2.50. The van der Waals surface area contributed by atoms with Crippen LogP contribution in [-0.2, 0) is 0 Å². The van der Waals surface area contributed by atoms with Gasteiger partial charge in [0.1, 0.15) is 5.75 Å². The predicted octanol–water partition coefficient (Wildman–Crippen LogP) is 3.26.